The molecule has 0 radical (unpaired) electrons. The van der Waals surface area contributed by atoms with E-state index in [0.717, 1.165) is 25.2 Å². The Balaban J connectivity index is 0.00000176. The Bertz CT molecular complexity index is 660. The number of ether oxygens (including phenoxy) is 2. The van der Waals surface area contributed by atoms with Crippen molar-refractivity contribution in [2.45, 2.75) is 10.9 Å². The number of halogens is 2. The summed E-state index contributed by atoms with van der Waals surface area (Å²) >= 11 is 0. The van der Waals surface area contributed by atoms with Crippen LogP contribution in [0.25, 0.3) is 0 Å². The van der Waals surface area contributed by atoms with Crippen molar-refractivity contribution in [3.8, 4) is 11.5 Å². The van der Waals surface area contributed by atoms with E-state index < -0.39 is 20.7 Å². The fourth-order valence-corrected chi connectivity index (χ4v) is 4.29. The molecule has 2 N–H and O–H groups in total. The van der Waals surface area contributed by atoms with Gasteiger partial charge in [-0.25, -0.2) is 17.5 Å². The first-order chi connectivity index (χ1) is 9.97. The van der Waals surface area contributed by atoms with Gasteiger partial charge in [0.25, 0.3) is 0 Å². The third-order valence-electron chi connectivity index (χ3n) is 4.11. The molecule has 124 valence electrons. The zero-order chi connectivity index (χ0) is 15.2. The minimum absolute atomic E-state index is 0. The fraction of sp³-hybridized carbons (Fsp3) is 0.538. The second-order valence-electron chi connectivity index (χ2n) is 5.27. The van der Waals surface area contributed by atoms with Gasteiger partial charge in [0.05, 0.1) is 14.2 Å². The lowest BCUT2D eigenvalue weighted by Gasteiger charge is -2.13. The SMILES string of the molecule is COc1cc(F)c(S(=O)(=O)NC2C3CNCC32)cc1OC.Cl. The van der Waals surface area contributed by atoms with E-state index in [-0.39, 0.29) is 29.9 Å². The molecular weight excluding hydrogens is 335 g/mol. The smallest absolute Gasteiger partial charge is 0.243 e. The van der Waals surface area contributed by atoms with Crippen LogP contribution in [0.5, 0.6) is 11.5 Å². The highest BCUT2D eigenvalue weighted by Gasteiger charge is 2.54. The molecule has 1 aromatic carbocycles. The summed E-state index contributed by atoms with van der Waals surface area (Å²) in [6.07, 6.45) is 0. The highest BCUT2D eigenvalue weighted by molar-refractivity contribution is 7.89. The van der Waals surface area contributed by atoms with Crippen molar-refractivity contribution in [2.75, 3.05) is 27.3 Å². The normalized spacial score (nSPS) is 26.0. The summed E-state index contributed by atoms with van der Waals surface area (Å²) in [5, 5.41) is 3.18. The van der Waals surface area contributed by atoms with Gasteiger partial charge < -0.3 is 14.8 Å². The van der Waals surface area contributed by atoms with Crippen molar-refractivity contribution in [3.05, 3.63) is 17.9 Å². The van der Waals surface area contributed by atoms with Crippen molar-refractivity contribution < 1.29 is 22.3 Å². The van der Waals surface area contributed by atoms with Gasteiger partial charge in [-0.1, -0.05) is 0 Å². The third-order valence-corrected chi connectivity index (χ3v) is 5.58. The number of rotatable bonds is 5. The minimum atomic E-state index is -3.92. The topological polar surface area (TPSA) is 76.7 Å². The molecule has 0 bridgehead atoms. The maximum atomic E-state index is 14.0. The summed E-state index contributed by atoms with van der Waals surface area (Å²) in [4.78, 5) is -0.418. The molecule has 3 rings (SSSR count). The number of nitrogens with one attached hydrogen (secondary N) is 2. The predicted molar refractivity (Wildman–Crippen MR) is 80.7 cm³/mol. The molecule has 2 aliphatic rings. The number of hydrogen-bond acceptors (Lipinski definition) is 5. The molecular formula is C13H18ClFN2O4S. The van der Waals surface area contributed by atoms with Crippen molar-refractivity contribution in [1.29, 1.82) is 0 Å². The number of hydrogen-bond donors (Lipinski definition) is 2. The Hall–Kier alpha value is -1.09. The van der Waals surface area contributed by atoms with Crippen LogP contribution in [0, 0.1) is 17.7 Å². The van der Waals surface area contributed by atoms with Crippen LogP contribution in [0.1, 0.15) is 0 Å². The molecule has 6 nitrogen and oxygen atoms in total. The van der Waals surface area contributed by atoms with Gasteiger partial charge in [0.15, 0.2) is 11.5 Å². The molecule has 0 aromatic heterocycles. The average Bonchev–Trinajstić information content (AvgIpc) is 2.89. The van der Waals surface area contributed by atoms with Gasteiger partial charge in [0.2, 0.25) is 10.0 Å². The van der Waals surface area contributed by atoms with Crippen LogP contribution in [0.15, 0.2) is 17.0 Å². The second-order valence-corrected chi connectivity index (χ2v) is 6.95. The minimum Gasteiger partial charge on any atom is -0.493 e. The van der Waals surface area contributed by atoms with Gasteiger partial charge in [0.1, 0.15) is 10.7 Å². The maximum absolute atomic E-state index is 14.0. The molecule has 22 heavy (non-hydrogen) atoms. The summed E-state index contributed by atoms with van der Waals surface area (Å²) in [6, 6.07) is 2.05. The number of fused-ring (bicyclic) bond motifs is 1. The maximum Gasteiger partial charge on any atom is 0.243 e. The molecule has 1 aliphatic carbocycles. The molecule has 2 fully saturated rings. The van der Waals surface area contributed by atoms with Crippen LogP contribution in [0.4, 0.5) is 4.39 Å². The van der Waals surface area contributed by atoms with Crippen molar-refractivity contribution >= 4 is 22.4 Å². The van der Waals surface area contributed by atoms with E-state index in [0.29, 0.717) is 11.8 Å². The van der Waals surface area contributed by atoms with E-state index in [2.05, 4.69) is 10.0 Å². The van der Waals surface area contributed by atoms with Crippen LogP contribution >= 0.6 is 12.4 Å². The Morgan fingerprint density at radius 2 is 1.73 bits per heavy atom. The van der Waals surface area contributed by atoms with Crippen LogP contribution < -0.4 is 19.5 Å². The van der Waals surface area contributed by atoms with E-state index in [9.17, 15) is 12.8 Å². The van der Waals surface area contributed by atoms with Gasteiger partial charge >= 0.3 is 0 Å². The van der Waals surface area contributed by atoms with Gasteiger partial charge in [-0.05, 0) is 24.9 Å². The number of sulfonamides is 1. The quantitative estimate of drug-likeness (QED) is 0.818. The lowest BCUT2D eigenvalue weighted by molar-refractivity contribution is 0.350. The predicted octanol–water partition coefficient (Wildman–Crippen LogP) is 0.761. The van der Waals surface area contributed by atoms with Gasteiger partial charge in [-0.3, -0.25) is 0 Å². The molecule has 0 spiro atoms. The Morgan fingerprint density at radius 1 is 1.18 bits per heavy atom. The van der Waals surface area contributed by atoms with Gasteiger partial charge in [-0.15, -0.1) is 12.4 Å². The zero-order valence-electron chi connectivity index (χ0n) is 12.1. The number of benzene rings is 1. The number of piperidine rings is 1. The zero-order valence-corrected chi connectivity index (χ0v) is 13.8. The van der Waals surface area contributed by atoms with Gasteiger partial charge in [-0.2, -0.15) is 0 Å². The van der Waals surface area contributed by atoms with Gasteiger partial charge in [0, 0.05) is 18.2 Å². The van der Waals surface area contributed by atoms with Crippen molar-refractivity contribution in [2.24, 2.45) is 11.8 Å². The fourth-order valence-electron chi connectivity index (χ4n) is 2.88. The van der Waals surface area contributed by atoms with Crippen molar-refractivity contribution in [3.63, 3.8) is 0 Å². The average molecular weight is 353 g/mol. The third kappa shape index (κ3) is 2.88. The summed E-state index contributed by atoms with van der Waals surface area (Å²) < 4.78 is 51.3. The summed E-state index contributed by atoms with van der Waals surface area (Å²) in [5.74, 6) is 0.0911. The highest BCUT2D eigenvalue weighted by atomic mass is 35.5. The summed E-state index contributed by atoms with van der Waals surface area (Å²) in [6.45, 7) is 1.60. The lowest BCUT2D eigenvalue weighted by atomic mass is 10.3. The first kappa shape index (κ1) is 17.3. The number of methoxy groups -OCH3 is 2. The molecule has 2 atom stereocenters. The molecule has 2 unspecified atom stereocenters. The van der Waals surface area contributed by atoms with E-state index in [1.807, 2.05) is 0 Å². The van der Waals surface area contributed by atoms with Crippen LogP contribution in [0.3, 0.4) is 0 Å². The second kappa shape index (κ2) is 6.19. The van der Waals surface area contributed by atoms with Crippen LogP contribution in [-0.2, 0) is 10.0 Å². The molecule has 1 saturated heterocycles. The Morgan fingerprint density at radius 3 is 2.27 bits per heavy atom. The standard InChI is InChI=1S/C13H17FN2O4S.ClH/c1-19-10-3-9(14)12(4-11(10)20-2)21(17,18)16-13-7-5-15-6-8(7)13;/h3-4,7-8,13,15-16H,5-6H2,1-2H3;1H. The van der Waals surface area contributed by atoms with Crippen LogP contribution in [-0.4, -0.2) is 41.8 Å². The van der Waals surface area contributed by atoms with Crippen molar-refractivity contribution in [1.82, 2.24) is 10.0 Å². The Kier molecular flexibility index (Phi) is 4.86. The molecule has 0 amide bonds. The Labute approximate surface area is 134 Å². The first-order valence-electron chi connectivity index (χ1n) is 6.62. The molecule has 1 saturated carbocycles. The molecule has 9 heteroatoms. The van der Waals surface area contributed by atoms with E-state index in [1.54, 1.807) is 0 Å². The summed E-state index contributed by atoms with van der Waals surface area (Å²) in [7, 11) is -1.18. The molecule has 1 aromatic rings. The molecule has 1 heterocycles. The first-order valence-corrected chi connectivity index (χ1v) is 8.11. The lowest BCUT2D eigenvalue weighted by Crippen LogP contribution is -2.33. The highest BCUT2D eigenvalue weighted by Crippen LogP contribution is 2.43. The molecule has 1 aliphatic heterocycles. The largest absolute Gasteiger partial charge is 0.493 e. The van der Waals surface area contributed by atoms with E-state index >= 15 is 0 Å². The van der Waals surface area contributed by atoms with E-state index in [4.69, 9.17) is 9.47 Å². The monoisotopic (exact) mass is 352 g/mol. The van der Waals surface area contributed by atoms with E-state index in [1.165, 1.54) is 14.2 Å². The summed E-state index contributed by atoms with van der Waals surface area (Å²) in [5.41, 5.74) is 0. The van der Waals surface area contributed by atoms with Crippen LogP contribution in [0.2, 0.25) is 0 Å².